The molecule has 2 aliphatic rings. The van der Waals surface area contributed by atoms with Crippen LogP contribution in [0.3, 0.4) is 0 Å². The van der Waals surface area contributed by atoms with Crippen molar-refractivity contribution in [3.05, 3.63) is 17.8 Å². The molecule has 2 aliphatic heterocycles. The molecule has 6 heteroatoms. The molecule has 6 nitrogen and oxygen atoms in total. The Balaban J connectivity index is 2.11. The van der Waals surface area contributed by atoms with E-state index < -0.39 is 5.97 Å². The Morgan fingerprint density at radius 1 is 1.42 bits per heavy atom. The summed E-state index contributed by atoms with van der Waals surface area (Å²) in [5.41, 5.74) is 1.15. The van der Waals surface area contributed by atoms with Gasteiger partial charge >= 0.3 is 5.97 Å². The normalized spacial score (nSPS) is 20.2. The molecule has 0 spiro atoms. The van der Waals surface area contributed by atoms with E-state index in [0.29, 0.717) is 5.82 Å². The van der Waals surface area contributed by atoms with Gasteiger partial charge in [-0.15, -0.1) is 0 Å². The number of nitrogens with zero attached hydrogens (tertiary/aromatic N) is 3. The highest BCUT2D eigenvalue weighted by atomic mass is 16.5. The van der Waals surface area contributed by atoms with Crippen LogP contribution in [-0.2, 0) is 9.53 Å². The lowest BCUT2D eigenvalue weighted by Gasteiger charge is -2.35. The van der Waals surface area contributed by atoms with Crippen molar-refractivity contribution in [3.8, 4) is 0 Å². The van der Waals surface area contributed by atoms with E-state index in [0.717, 1.165) is 25.2 Å². The van der Waals surface area contributed by atoms with Gasteiger partial charge in [0.05, 0.1) is 18.8 Å². The van der Waals surface area contributed by atoms with E-state index in [1.165, 1.54) is 14.0 Å². The first-order valence-corrected chi connectivity index (χ1v) is 6.26. The fraction of sp³-hybridized carbons (Fsp3) is 0.462. The van der Waals surface area contributed by atoms with Crippen LogP contribution in [-0.4, -0.2) is 43.1 Å². The average molecular weight is 261 g/mol. The SMILES string of the molecule is COC(=O)c1ccc2c(n1)N(C(C)=O)C1CCN2C1. The van der Waals surface area contributed by atoms with Crippen molar-refractivity contribution in [2.24, 2.45) is 0 Å². The Hall–Kier alpha value is -2.11. The largest absolute Gasteiger partial charge is 0.464 e. The molecule has 3 heterocycles. The number of carbonyl (C=O) groups is 2. The van der Waals surface area contributed by atoms with E-state index in [1.54, 1.807) is 11.0 Å². The lowest BCUT2D eigenvalue weighted by atomic mass is 10.1. The second-order valence-corrected chi connectivity index (χ2v) is 4.81. The molecule has 1 aromatic rings. The van der Waals surface area contributed by atoms with Crippen LogP contribution in [0.2, 0.25) is 0 Å². The third kappa shape index (κ3) is 1.75. The van der Waals surface area contributed by atoms with Gasteiger partial charge in [0.15, 0.2) is 11.5 Å². The zero-order valence-corrected chi connectivity index (χ0v) is 10.9. The monoisotopic (exact) mass is 261 g/mol. The molecular formula is C13H15N3O3. The molecule has 1 saturated heterocycles. The molecule has 100 valence electrons. The quantitative estimate of drug-likeness (QED) is 0.700. The zero-order chi connectivity index (χ0) is 13.6. The van der Waals surface area contributed by atoms with E-state index in [4.69, 9.17) is 0 Å². The number of carbonyl (C=O) groups excluding carboxylic acids is 2. The minimum atomic E-state index is -0.487. The maximum atomic E-state index is 11.9. The van der Waals surface area contributed by atoms with E-state index in [-0.39, 0.29) is 17.6 Å². The van der Waals surface area contributed by atoms with Crippen LogP contribution in [0.4, 0.5) is 11.5 Å². The molecule has 1 atom stereocenters. The third-order valence-corrected chi connectivity index (χ3v) is 3.69. The highest BCUT2D eigenvalue weighted by molar-refractivity contribution is 5.97. The Kier molecular flexibility index (Phi) is 2.66. The first-order chi connectivity index (χ1) is 9.11. The van der Waals surface area contributed by atoms with Gasteiger partial charge in [0.2, 0.25) is 5.91 Å². The van der Waals surface area contributed by atoms with Crippen molar-refractivity contribution in [1.82, 2.24) is 4.98 Å². The van der Waals surface area contributed by atoms with Crippen LogP contribution in [0.5, 0.6) is 0 Å². The summed E-state index contributed by atoms with van der Waals surface area (Å²) >= 11 is 0. The van der Waals surface area contributed by atoms with Crippen molar-refractivity contribution in [3.63, 3.8) is 0 Å². The molecule has 0 aliphatic carbocycles. The van der Waals surface area contributed by atoms with Crippen LogP contribution in [0.1, 0.15) is 23.8 Å². The number of ether oxygens (including phenoxy) is 1. The van der Waals surface area contributed by atoms with Crippen molar-refractivity contribution in [2.45, 2.75) is 19.4 Å². The van der Waals surface area contributed by atoms with Crippen molar-refractivity contribution < 1.29 is 14.3 Å². The second kappa shape index (κ2) is 4.22. The van der Waals surface area contributed by atoms with Gasteiger partial charge in [0.1, 0.15) is 0 Å². The predicted molar refractivity (Wildman–Crippen MR) is 69.4 cm³/mol. The highest BCUT2D eigenvalue weighted by Gasteiger charge is 2.39. The minimum Gasteiger partial charge on any atom is -0.464 e. The van der Waals surface area contributed by atoms with Gasteiger partial charge in [-0.2, -0.15) is 0 Å². The van der Waals surface area contributed by atoms with Crippen molar-refractivity contribution in [1.29, 1.82) is 0 Å². The number of rotatable bonds is 1. The van der Waals surface area contributed by atoms with Crippen molar-refractivity contribution >= 4 is 23.4 Å². The number of esters is 1. The van der Waals surface area contributed by atoms with Gasteiger partial charge in [-0.3, -0.25) is 9.69 Å². The first kappa shape index (κ1) is 12.0. The standard InChI is InChI=1S/C13H15N3O3/c1-8(17)16-9-5-6-15(7-9)11-4-3-10(13(18)19-2)14-12(11)16/h3-4,9H,5-7H2,1-2H3. The van der Waals surface area contributed by atoms with E-state index in [9.17, 15) is 9.59 Å². The topological polar surface area (TPSA) is 62.7 Å². The van der Waals surface area contributed by atoms with Gasteiger partial charge in [-0.1, -0.05) is 0 Å². The molecule has 0 N–H and O–H groups in total. The summed E-state index contributed by atoms with van der Waals surface area (Å²) in [5, 5.41) is 0. The fourth-order valence-electron chi connectivity index (χ4n) is 2.83. The maximum absolute atomic E-state index is 11.9. The van der Waals surface area contributed by atoms with Crippen LogP contribution < -0.4 is 9.80 Å². The number of hydrogen-bond acceptors (Lipinski definition) is 5. The maximum Gasteiger partial charge on any atom is 0.356 e. The lowest BCUT2D eigenvalue weighted by molar-refractivity contribution is -0.117. The van der Waals surface area contributed by atoms with Gasteiger partial charge in [-0.25, -0.2) is 9.78 Å². The summed E-state index contributed by atoms with van der Waals surface area (Å²) in [7, 11) is 1.32. The third-order valence-electron chi connectivity index (χ3n) is 3.69. The Morgan fingerprint density at radius 2 is 2.21 bits per heavy atom. The second-order valence-electron chi connectivity index (χ2n) is 4.81. The first-order valence-electron chi connectivity index (χ1n) is 6.26. The molecular weight excluding hydrogens is 246 g/mol. The average Bonchev–Trinajstić information content (AvgIpc) is 2.81. The fourth-order valence-corrected chi connectivity index (χ4v) is 2.83. The highest BCUT2D eigenvalue weighted by Crippen LogP contribution is 2.38. The Morgan fingerprint density at radius 3 is 2.89 bits per heavy atom. The van der Waals surface area contributed by atoms with Crippen LogP contribution in [0, 0.1) is 0 Å². The summed E-state index contributed by atoms with van der Waals surface area (Å²) < 4.78 is 4.67. The predicted octanol–water partition coefficient (Wildman–Crippen LogP) is 0.813. The molecule has 1 unspecified atom stereocenters. The molecule has 3 rings (SSSR count). The molecule has 2 bridgehead atoms. The van der Waals surface area contributed by atoms with Gasteiger partial charge < -0.3 is 9.64 Å². The summed E-state index contributed by atoms with van der Waals surface area (Å²) in [6.45, 7) is 3.29. The summed E-state index contributed by atoms with van der Waals surface area (Å²) in [5.74, 6) is 0.0469. The minimum absolute atomic E-state index is 0.0395. The molecule has 19 heavy (non-hydrogen) atoms. The van der Waals surface area contributed by atoms with Crippen LogP contribution in [0.25, 0.3) is 0 Å². The number of pyridine rings is 1. The molecule has 1 fully saturated rings. The molecule has 0 aromatic carbocycles. The number of hydrogen-bond donors (Lipinski definition) is 0. The van der Waals surface area contributed by atoms with E-state index in [1.807, 2.05) is 6.07 Å². The van der Waals surface area contributed by atoms with E-state index in [2.05, 4.69) is 14.6 Å². The zero-order valence-electron chi connectivity index (χ0n) is 10.9. The molecule has 0 radical (unpaired) electrons. The number of methoxy groups -OCH3 is 1. The van der Waals surface area contributed by atoms with Crippen LogP contribution >= 0.6 is 0 Å². The molecule has 1 amide bonds. The summed E-state index contributed by atoms with van der Waals surface area (Å²) in [6.07, 6.45) is 0.934. The Labute approximate surface area is 111 Å². The molecule has 0 saturated carbocycles. The van der Waals surface area contributed by atoms with E-state index >= 15 is 0 Å². The smallest absolute Gasteiger partial charge is 0.356 e. The van der Waals surface area contributed by atoms with Gasteiger partial charge in [-0.05, 0) is 18.6 Å². The number of anilines is 2. The number of aromatic nitrogens is 1. The van der Waals surface area contributed by atoms with Crippen LogP contribution in [0.15, 0.2) is 12.1 Å². The van der Waals surface area contributed by atoms with Gasteiger partial charge in [0.25, 0.3) is 0 Å². The number of amides is 1. The van der Waals surface area contributed by atoms with Crippen molar-refractivity contribution in [2.75, 3.05) is 30.0 Å². The number of fused-ring (bicyclic) bond motifs is 4. The summed E-state index contributed by atoms with van der Waals surface area (Å²) in [6, 6.07) is 3.64. The Bertz CT molecular complexity index is 558. The van der Waals surface area contributed by atoms with Gasteiger partial charge in [0, 0.05) is 20.0 Å². The summed E-state index contributed by atoms with van der Waals surface area (Å²) in [4.78, 5) is 31.6. The molecule has 1 aromatic heterocycles. The lowest BCUT2D eigenvalue weighted by Crippen LogP contribution is -2.45.